The Morgan fingerprint density at radius 3 is 2.59 bits per heavy atom. The lowest BCUT2D eigenvalue weighted by Crippen LogP contribution is -2.07. The average molecular weight is 226 g/mol. The Hall–Kier alpha value is -1.57. The summed E-state index contributed by atoms with van der Waals surface area (Å²) in [5, 5.41) is 0. The van der Waals surface area contributed by atoms with E-state index in [9.17, 15) is 4.79 Å². The third kappa shape index (κ3) is 0.912. The normalized spacial score (nSPS) is 35.6. The molecule has 0 N–H and O–H groups in total. The predicted octanol–water partition coefficient (Wildman–Crippen LogP) is 2.62. The predicted molar refractivity (Wildman–Crippen MR) is 63.6 cm³/mol. The second-order valence-electron chi connectivity index (χ2n) is 5.32. The van der Waals surface area contributed by atoms with E-state index >= 15 is 0 Å². The van der Waals surface area contributed by atoms with Crippen molar-refractivity contribution in [3.05, 3.63) is 46.5 Å². The van der Waals surface area contributed by atoms with Gasteiger partial charge in [0.25, 0.3) is 0 Å². The van der Waals surface area contributed by atoms with Gasteiger partial charge in [0.2, 0.25) is 0 Å². The lowest BCUT2D eigenvalue weighted by atomic mass is 9.93. The molecule has 4 rings (SSSR count). The standard InChI is InChI=1S/C15H14O2/c1-7-10-8-5-3-4-6-9(8)12-13(10)14(12)11(7)15(16)17-2/h3-6,10,12-14H,1-2H3/t10?,12-,13+,14-/m0/s1. The average Bonchev–Trinajstić information content (AvgIpc) is 2.86. The molecule has 2 nitrogen and oxygen atoms in total. The molecule has 1 fully saturated rings. The summed E-state index contributed by atoms with van der Waals surface area (Å²) >= 11 is 0. The highest BCUT2D eigenvalue weighted by Crippen LogP contribution is 2.75. The summed E-state index contributed by atoms with van der Waals surface area (Å²) < 4.78 is 4.93. The van der Waals surface area contributed by atoms with Crippen molar-refractivity contribution in [2.24, 2.45) is 11.8 Å². The summed E-state index contributed by atoms with van der Waals surface area (Å²) in [7, 11) is 1.48. The van der Waals surface area contributed by atoms with Crippen molar-refractivity contribution in [2.45, 2.75) is 18.8 Å². The molecular formula is C15H14O2. The lowest BCUT2D eigenvalue weighted by Gasteiger charge is -2.11. The zero-order valence-electron chi connectivity index (χ0n) is 9.94. The third-order valence-electron chi connectivity index (χ3n) is 4.78. The fourth-order valence-electron chi connectivity index (χ4n) is 4.19. The molecule has 3 aliphatic rings. The van der Waals surface area contributed by atoms with E-state index in [0.717, 1.165) is 5.57 Å². The second kappa shape index (κ2) is 2.81. The first-order valence-electron chi connectivity index (χ1n) is 6.13. The molecule has 0 aliphatic heterocycles. The van der Waals surface area contributed by atoms with Gasteiger partial charge in [-0.25, -0.2) is 4.79 Å². The quantitative estimate of drug-likeness (QED) is 0.688. The van der Waals surface area contributed by atoms with Crippen molar-refractivity contribution in [1.82, 2.24) is 0 Å². The smallest absolute Gasteiger partial charge is 0.334 e. The molecular weight excluding hydrogens is 212 g/mol. The number of carbonyl (C=O) groups excluding carboxylic acids is 1. The number of fused-ring (bicyclic) bond motifs is 4. The van der Waals surface area contributed by atoms with E-state index in [1.165, 1.54) is 23.8 Å². The first-order valence-corrected chi connectivity index (χ1v) is 6.13. The topological polar surface area (TPSA) is 26.3 Å². The van der Waals surface area contributed by atoms with Crippen molar-refractivity contribution >= 4 is 5.97 Å². The summed E-state index contributed by atoms with van der Waals surface area (Å²) in [6, 6.07) is 8.64. The molecule has 0 radical (unpaired) electrons. The van der Waals surface area contributed by atoms with Gasteiger partial charge in [0, 0.05) is 17.4 Å². The molecule has 0 bridgehead atoms. The monoisotopic (exact) mass is 226 g/mol. The van der Waals surface area contributed by atoms with Gasteiger partial charge in [0.15, 0.2) is 0 Å². The number of rotatable bonds is 1. The maximum Gasteiger partial charge on any atom is 0.334 e. The van der Waals surface area contributed by atoms with Crippen LogP contribution in [0.15, 0.2) is 35.4 Å². The Morgan fingerprint density at radius 1 is 1.18 bits per heavy atom. The molecule has 2 heteroatoms. The highest BCUT2D eigenvalue weighted by Gasteiger charge is 2.67. The molecule has 1 unspecified atom stereocenters. The summed E-state index contributed by atoms with van der Waals surface area (Å²) in [6.45, 7) is 2.10. The van der Waals surface area contributed by atoms with Crippen LogP contribution in [-0.4, -0.2) is 13.1 Å². The van der Waals surface area contributed by atoms with Gasteiger partial charge >= 0.3 is 5.97 Å². The van der Waals surface area contributed by atoms with Gasteiger partial charge in [-0.1, -0.05) is 29.8 Å². The second-order valence-corrected chi connectivity index (χ2v) is 5.32. The number of hydrogen-bond donors (Lipinski definition) is 0. The van der Waals surface area contributed by atoms with E-state index in [2.05, 4.69) is 31.2 Å². The minimum absolute atomic E-state index is 0.115. The molecule has 86 valence electrons. The van der Waals surface area contributed by atoms with Gasteiger partial charge in [-0.2, -0.15) is 0 Å². The molecule has 1 aromatic rings. The van der Waals surface area contributed by atoms with Crippen LogP contribution in [0.3, 0.4) is 0 Å². The molecule has 1 saturated carbocycles. The maximum absolute atomic E-state index is 11.9. The number of methoxy groups -OCH3 is 1. The molecule has 0 heterocycles. The maximum atomic E-state index is 11.9. The molecule has 0 spiro atoms. The number of ether oxygens (including phenoxy) is 1. The van der Waals surface area contributed by atoms with Crippen LogP contribution < -0.4 is 0 Å². The molecule has 0 aromatic heterocycles. The highest BCUT2D eigenvalue weighted by molar-refractivity contribution is 5.93. The Morgan fingerprint density at radius 2 is 1.88 bits per heavy atom. The van der Waals surface area contributed by atoms with Crippen molar-refractivity contribution in [3.63, 3.8) is 0 Å². The van der Waals surface area contributed by atoms with E-state index in [4.69, 9.17) is 4.74 Å². The zero-order valence-corrected chi connectivity index (χ0v) is 9.94. The van der Waals surface area contributed by atoms with Gasteiger partial charge in [-0.05, 0) is 29.9 Å². The fraction of sp³-hybridized carbons (Fsp3) is 0.400. The van der Waals surface area contributed by atoms with Gasteiger partial charge in [-0.15, -0.1) is 0 Å². The lowest BCUT2D eigenvalue weighted by molar-refractivity contribution is -0.136. The molecule has 1 aromatic carbocycles. The molecule has 17 heavy (non-hydrogen) atoms. The zero-order chi connectivity index (χ0) is 11.7. The highest BCUT2D eigenvalue weighted by atomic mass is 16.5. The summed E-state index contributed by atoms with van der Waals surface area (Å²) in [5.41, 5.74) is 5.11. The number of hydrogen-bond acceptors (Lipinski definition) is 2. The van der Waals surface area contributed by atoms with Crippen LogP contribution in [0.4, 0.5) is 0 Å². The Bertz CT molecular complexity index is 570. The first-order chi connectivity index (χ1) is 8.25. The van der Waals surface area contributed by atoms with Gasteiger partial charge < -0.3 is 4.74 Å². The van der Waals surface area contributed by atoms with Gasteiger partial charge in [0.05, 0.1) is 7.11 Å². The molecule has 3 aliphatic carbocycles. The molecule has 4 atom stereocenters. The van der Waals surface area contributed by atoms with E-state index in [1.807, 2.05) is 0 Å². The Labute approximate surface area is 100 Å². The van der Waals surface area contributed by atoms with Crippen LogP contribution in [0.5, 0.6) is 0 Å². The minimum Gasteiger partial charge on any atom is -0.466 e. The van der Waals surface area contributed by atoms with Crippen molar-refractivity contribution in [1.29, 1.82) is 0 Å². The van der Waals surface area contributed by atoms with E-state index in [1.54, 1.807) is 0 Å². The minimum atomic E-state index is -0.115. The van der Waals surface area contributed by atoms with Crippen molar-refractivity contribution in [2.75, 3.05) is 7.11 Å². The number of carbonyl (C=O) groups is 1. The SMILES string of the molecule is COC(=O)C1=C(C)C2c3ccccc3[C@@H]3[C@H]1[C@H]23. The van der Waals surface area contributed by atoms with Gasteiger partial charge in [0.1, 0.15) is 0 Å². The van der Waals surface area contributed by atoms with Crippen LogP contribution in [0.1, 0.15) is 29.9 Å². The fourth-order valence-corrected chi connectivity index (χ4v) is 4.19. The van der Waals surface area contributed by atoms with Crippen LogP contribution in [0, 0.1) is 11.8 Å². The van der Waals surface area contributed by atoms with Crippen LogP contribution in [-0.2, 0) is 9.53 Å². The van der Waals surface area contributed by atoms with Crippen LogP contribution in [0.25, 0.3) is 0 Å². The molecule has 0 saturated heterocycles. The summed E-state index contributed by atoms with van der Waals surface area (Å²) in [6.07, 6.45) is 0. The summed E-state index contributed by atoms with van der Waals surface area (Å²) in [5.74, 6) is 2.06. The van der Waals surface area contributed by atoms with E-state index < -0.39 is 0 Å². The number of esters is 1. The van der Waals surface area contributed by atoms with Gasteiger partial charge in [-0.3, -0.25) is 0 Å². The number of allylic oxidation sites excluding steroid dienone is 1. The van der Waals surface area contributed by atoms with Crippen molar-refractivity contribution in [3.8, 4) is 0 Å². The van der Waals surface area contributed by atoms with Crippen LogP contribution in [0.2, 0.25) is 0 Å². The largest absolute Gasteiger partial charge is 0.466 e. The summed E-state index contributed by atoms with van der Waals surface area (Å²) in [4.78, 5) is 11.9. The number of benzene rings is 1. The first kappa shape index (κ1) is 9.46. The van der Waals surface area contributed by atoms with E-state index in [-0.39, 0.29) is 5.97 Å². The van der Waals surface area contributed by atoms with E-state index in [0.29, 0.717) is 23.7 Å². The Balaban J connectivity index is 1.87. The third-order valence-corrected chi connectivity index (χ3v) is 4.78. The van der Waals surface area contributed by atoms with Crippen molar-refractivity contribution < 1.29 is 9.53 Å². The Kier molecular flexibility index (Phi) is 1.56. The van der Waals surface area contributed by atoms with Crippen LogP contribution >= 0.6 is 0 Å². The molecule has 0 amide bonds.